The van der Waals surface area contributed by atoms with E-state index in [-0.39, 0.29) is 0 Å². The van der Waals surface area contributed by atoms with E-state index in [9.17, 15) is 0 Å². The lowest BCUT2D eigenvalue weighted by Crippen LogP contribution is -2.11. The second kappa shape index (κ2) is 6.66. The van der Waals surface area contributed by atoms with Gasteiger partial charge in [0, 0.05) is 36.6 Å². The average Bonchev–Trinajstić information content (AvgIpc) is 2.74. The van der Waals surface area contributed by atoms with Crippen LogP contribution in [-0.4, -0.2) is 21.5 Å². The van der Waals surface area contributed by atoms with E-state index in [1.165, 1.54) is 30.5 Å². The fourth-order valence-electron chi connectivity index (χ4n) is 2.90. The largest absolute Gasteiger partial charge is 0.370 e. The summed E-state index contributed by atoms with van der Waals surface area (Å²) in [6.45, 7) is 3.02. The average molecular weight is 282 g/mol. The zero-order valence-corrected chi connectivity index (χ0v) is 12.6. The first kappa shape index (κ1) is 14.0. The maximum atomic E-state index is 4.83. The van der Waals surface area contributed by atoms with Crippen molar-refractivity contribution in [2.24, 2.45) is 0 Å². The molecule has 4 heteroatoms. The Morgan fingerprint density at radius 3 is 2.86 bits per heavy atom. The molecule has 0 saturated carbocycles. The Morgan fingerprint density at radius 2 is 2.05 bits per heavy atom. The monoisotopic (exact) mass is 282 g/mol. The van der Waals surface area contributed by atoms with Crippen LogP contribution in [0.4, 0.5) is 5.82 Å². The minimum absolute atomic E-state index is 0.750. The van der Waals surface area contributed by atoms with Crippen molar-refractivity contribution < 1.29 is 0 Å². The molecule has 0 bridgehead atoms. The van der Waals surface area contributed by atoms with Gasteiger partial charge in [-0.25, -0.2) is 9.97 Å². The maximum absolute atomic E-state index is 4.83. The van der Waals surface area contributed by atoms with E-state index in [0.717, 1.165) is 43.0 Å². The van der Waals surface area contributed by atoms with Crippen LogP contribution in [0.15, 0.2) is 24.5 Å². The van der Waals surface area contributed by atoms with E-state index in [2.05, 4.69) is 23.3 Å². The molecule has 2 aromatic rings. The van der Waals surface area contributed by atoms with Gasteiger partial charge in [0.1, 0.15) is 11.6 Å². The van der Waals surface area contributed by atoms with Gasteiger partial charge in [0.2, 0.25) is 0 Å². The van der Waals surface area contributed by atoms with Gasteiger partial charge in [-0.2, -0.15) is 0 Å². The van der Waals surface area contributed by atoms with Crippen LogP contribution in [0.2, 0.25) is 0 Å². The van der Waals surface area contributed by atoms with Gasteiger partial charge in [0.05, 0.1) is 0 Å². The number of aryl methyl sites for hydroxylation is 1. The van der Waals surface area contributed by atoms with E-state index >= 15 is 0 Å². The minimum Gasteiger partial charge on any atom is -0.370 e. The van der Waals surface area contributed by atoms with Crippen molar-refractivity contribution in [1.82, 2.24) is 15.0 Å². The van der Waals surface area contributed by atoms with Gasteiger partial charge in [0.25, 0.3) is 0 Å². The van der Waals surface area contributed by atoms with Gasteiger partial charge in [-0.05, 0) is 44.2 Å². The number of pyridine rings is 1. The Morgan fingerprint density at radius 1 is 1.14 bits per heavy atom. The van der Waals surface area contributed by atoms with Crippen LogP contribution < -0.4 is 5.32 Å². The van der Waals surface area contributed by atoms with E-state index in [0.29, 0.717) is 0 Å². The number of anilines is 1. The number of aromatic nitrogens is 3. The molecule has 3 rings (SSSR count). The van der Waals surface area contributed by atoms with Crippen molar-refractivity contribution in [1.29, 1.82) is 0 Å². The first-order valence-electron chi connectivity index (χ1n) is 7.88. The lowest BCUT2D eigenvalue weighted by molar-refractivity contribution is 0.708. The second-order valence-corrected chi connectivity index (χ2v) is 5.54. The zero-order valence-electron chi connectivity index (χ0n) is 12.6. The molecule has 110 valence electrons. The van der Waals surface area contributed by atoms with Gasteiger partial charge < -0.3 is 5.32 Å². The molecule has 0 aromatic carbocycles. The van der Waals surface area contributed by atoms with Crippen molar-refractivity contribution in [3.05, 3.63) is 47.2 Å². The van der Waals surface area contributed by atoms with Crippen molar-refractivity contribution in [2.75, 3.05) is 11.9 Å². The predicted molar refractivity (Wildman–Crippen MR) is 84.5 cm³/mol. The molecule has 0 aliphatic heterocycles. The topological polar surface area (TPSA) is 50.7 Å². The second-order valence-electron chi connectivity index (χ2n) is 5.54. The van der Waals surface area contributed by atoms with Crippen molar-refractivity contribution in [3.63, 3.8) is 0 Å². The summed E-state index contributed by atoms with van der Waals surface area (Å²) in [4.78, 5) is 13.8. The van der Waals surface area contributed by atoms with Gasteiger partial charge in [-0.3, -0.25) is 4.98 Å². The molecular weight excluding hydrogens is 260 g/mol. The van der Waals surface area contributed by atoms with Crippen LogP contribution in [0.25, 0.3) is 0 Å². The molecule has 0 unspecified atom stereocenters. The van der Waals surface area contributed by atoms with Crippen LogP contribution in [-0.2, 0) is 19.3 Å². The summed E-state index contributed by atoms with van der Waals surface area (Å²) in [6, 6.07) is 4.04. The normalized spacial score (nSPS) is 14.3. The number of hydrogen-bond donors (Lipinski definition) is 1. The SMILES string of the molecule is CCNc1nc(Cc2cccnc2)nc2c1CCCCC2. The first-order chi connectivity index (χ1) is 10.4. The predicted octanol–water partition coefficient (Wildman–Crippen LogP) is 3.16. The third-order valence-corrected chi connectivity index (χ3v) is 3.91. The molecule has 1 aliphatic rings. The molecule has 0 amide bonds. The molecule has 2 aromatic heterocycles. The molecule has 0 fully saturated rings. The lowest BCUT2D eigenvalue weighted by atomic mass is 10.1. The Hall–Kier alpha value is -1.97. The van der Waals surface area contributed by atoms with Crippen LogP contribution in [0.1, 0.15) is 48.8 Å². The lowest BCUT2D eigenvalue weighted by Gasteiger charge is -2.14. The molecule has 4 nitrogen and oxygen atoms in total. The highest BCUT2D eigenvalue weighted by atomic mass is 15.0. The summed E-state index contributed by atoms with van der Waals surface area (Å²) in [5.41, 5.74) is 3.75. The zero-order chi connectivity index (χ0) is 14.5. The number of hydrogen-bond acceptors (Lipinski definition) is 4. The number of nitrogens with zero attached hydrogens (tertiary/aromatic N) is 3. The van der Waals surface area contributed by atoms with E-state index in [1.54, 1.807) is 6.20 Å². The fourth-order valence-corrected chi connectivity index (χ4v) is 2.90. The number of rotatable bonds is 4. The summed E-state index contributed by atoms with van der Waals surface area (Å²) < 4.78 is 0. The van der Waals surface area contributed by atoms with Crippen LogP contribution in [0.5, 0.6) is 0 Å². The van der Waals surface area contributed by atoms with Gasteiger partial charge in [-0.1, -0.05) is 12.5 Å². The van der Waals surface area contributed by atoms with Gasteiger partial charge >= 0.3 is 0 Å². The van der Waals surface area contributed by atoms with Crippen molar-refractivity contribution in [3.8, 4) is 0 Å². The van der Waals surface area contributed by atoms with Gasteiger partial charge in [-0.15, -0.1) is 0 Å². The number of fused-ring (bicyclic) bond motifs is 1. The summed E-state index contributed by atoms with van der Waals surface area (Å²) in [6.07, 6.45) is 10.4. The van der Waals surface area contributed by atoms with E-state index in [1.807, 2.05) is 12.3 Å². The van der Waals surface area contributed by atoms with Gasteiger partial charge in [0.15, 0.2) is 0 Å². The summed E-state index contributed by atoms with van der Waals surface area (Å²) >= 11 is 0. The van der Waals surface area contributed by atoms with Crippen LogP contribution in [0, 0.1) is 0 Å². The van der Waals surface area contributed by atoms with Crippen molar-refractivity contribution in [2.45, 2.75) is 45.4 Å². The van der Waals surface area contributed by atoms with Crippen LogP contribution >= 0.6 is 0 Å². The highest BCUT2D eigenvalue weighted by Crippen LogP contribution is 2.25. The molecule has 0 atom stereocenters. The van der Waals surface area contributed by atoms with Crippen molar-refractivity contribution >= 4 is 5.82 Å². The fraction of sp³-hybridized carbons (Fsp3) is 0.471. The molecule has 1 aliphatic carbocycles. The summed E-state index contributed by atoms with van der Waals surface area (Å²) in [5, 5.41) is 3.42. The minimum atomic E-state index is 0.750. The summed E-state index contributed by atoms with van der Waals surface area (Å²) in [7, 11) is 0. The third-order valence-electron chi connectivity index (χ3n) is 3.91. The molecule has 0 saturated heterocycles. The van der Waals surface area contributed by atoms with E-state index < -0.39 is 0 Å². The molecule has 1 N–H and O–H groups in total. The summed E-state index contributed by atoms with van der Waals surface area (Å²) in [5.74, 6) is 1.95. The smallest absolute Gasteiger partial charge is 0.135 e. The Balaban J connectivity index is 1.94. The first-order valence-corrected chi connectivity index (χ1v) is 7.88. The Kier molecular flexibility index (Phi) is 4.43. The third kappa shape index (κ3) is 3.38. The Labute approximate surface area is 126 Å². The number of nitrogens with one attached hydrogen (secondary N) is 1. The van der Waals surface area contributed by atoms with E-state index in [4.69, 9.17) is 9.97 Å². The molecule has 2 heterocycles. The highest BCUT2D eigenvalue weighted by Gasteiger charge is 2.16. The molecule has 0 radical (unpaired) electrons. The standard InChI is InChI=1S/C17H22N4/c1-2-19-17-14-8-4-3-5-9-15(14)20-16(21-17)11-13-7-6-10-18-12-13/h6-7,10,12H,2-5,8-9,11H2,1H3,(H,19,20,21). The molecular formula is C17H22N4. The Bertz CT molecular complexity index is 595. The molecule has 21 heavy (non-hydrogen) atoms. The highest BCUT2D eigenvalue weighted by molar-refractivity contribution is 5.47. The quantitative estimate of drug-likeness (QED) is 0.875. The van der Waals surface area contributed by atoms with Crippen LogP contribution in [0.3, 0.4) is 0 Å². The maximum Gasteiger partial charge on any atom is 0.135 e. The molecule has 0 spiro atoms.